The Bertz CT molecular complexity index is 487. The standard InChI is InChI=1S/C15H22N2O4/c1-19-12-6-4-5-11(14(12)20-2)13(15(18)21-3)17-9-7-16-8-10-17/h4-6,13,16H,7-10H2,1-3H3. The fraction of sp³-hybridized carbons (Fsp3) is 0.533. The number of esters is 1. The number of hydrogen-bond acceptors (Lipinski definition) is 6. The van der Waals surface area contributed by atoms with Gasteiger partial charge in [-0.25, -0.2) is 4.79 Å². The lowest BCUT2D eigenvalue weighted by molar-refractivity contribution is -0.147. The number of carbonyl (C=O) groups excluding carboxylic acids is 1. The predicted molar refractivity (Wildman–Crippen MR) is 78.7 cm³/mol. The molecular weight excluding hydrogens is 272 g/mol. The number of rotatable bonds is 5. The van der Waals surface area contributed by atoms with E-state index in [2.05, 4.69) is 10.2 Å². The minimum Gasteiger partial charge on any atom is -0.493 e. The number of benzene rings is 1. The number of ether oxygens (including phenoxy) is 3. The molecule has 1 aliphatic rings. The van der Waals surface area contributed by atoms with E-state index in [0.717, 1.165) is 31.7 Å². The summed E-state index contributed by atoms with van der Waals surface area (Å²) in [5.41, 5.74) is 0.769. The summed E-state index contributed by atoms with van der Waals surface area (Å²) in [4.78, 5) is 14.4. The van der Waals surface area contributed by atoms with Crippen LogP contribution in [0, 0.1) is 0 Å². The minimum atomic E-state index is -0.484. The first-order valence-electron chi connectivity index (χ1n) is 6.96. The van der Waals surface area contributed by atoms with E-state index in [4.69, 9.17) is 14.2 Å². The highest BCUT2D eigenvalue weighted by molar-refractivity contribution is 5.79. The average molecular weight is 294 g/mol. The maximum absolute atomic E-state index is 12.3. The third-order valence-electron chi connectivity index (χ3n) is 3.67. The van der Waals surface area contributed by atoms with Gasteiger partial charge < -0.3 is 19.5 Å². The van der Waals surface area contributed by atoms with Gasteiger partial charge in [0.25, 0.3) is 0 Å². The summed E-state index contributed by atoms with van der Waals surface area (Å²) in [6, 6.07) is 5.07. The quantitative estimate of drug-likeness (QED) is 0.812. The van der Waals surface area contributed by atoms with Crippen LogP contribution in [0.5, 0.6) is 11.5 Å². The minimum absolute atomic E-state index is 0.288. The third kappa shape index (κ3) is 3.28. The summed E-state index contributed by atoms with van der Waals surface area (Å²) in [5.74, 6) is 0.899. The summed E-state index contributed by atoms with van der Waals surface area (Å²) >= 11 is 0. The van der Waals surface area contributed by atoms with Crippen molar-refractivity contribution in [3.8, 4) is 11.5 Å². The molecule has 1 aromatic rings. The molecule has 1 aliphatic heterocycles. The number of para-hydroxylation sites is 1. The molecule has 0 spiro atoms. The van der Waals surface area contributed by atoms with Gasteiger partial charge >= 0.3 is 5.97 Å². The molecule has 1 N–H and O–H groups in total. The Balaban J connectivity index is 2.43. The first-order chi connectivity index (χ1) is 10.2. The van der Waals surface area contributed by atoms with Gasteiger partial charge in [-0.1, -0.05) is 12.1 Å². The molecule has 0 saturated carbocycles. The highest BCUT2D eigenvalue weighted by Crippen LogP contribution is 2.37. The Morgan fingerprint density at radius 1 is 1.19 bits per heavy atom. The van der Waals surface area contributed by atoms with Crippen molar-refractivity contribution >= 4 is 5.97 Å². The maximum atomic E-state index is 12.3. The summed E-state index contributed by atoms with van der Waals surface area (Å²) in [6.45, 7) is 3.25. The van der Waals surface area contributed by atoms with Crippen molar-refractivity contribution in [1.82, 2.24) is 10.2 Å². The molecule has 2 rings (SSSR count). The van der Waals surface area contributed by atoms with Gasteiger partial charge in [-0.05, 0) is 6.07 Å². The van der Waals surface area contributed by atoms with Crippen molar-refractivity contribution in [3.05, 3.63) is 23.8 Å². The smallest absolute Gasteiger partial charge is 0.327 e. The molecule has 116 valence electrons. The van der Waals surface area contributed by atoms with E-state index >= 15 is 0 Å². The van der Waals surface area contributed by atoms with Gasteiger partial charge in [0.2, 0.25) is 0 Å². The SMILES string of the molecule is COC(=O)C(c1cccc(OC)c1OC)N1CCNCC1. The maximum Gasteiger partial charge on any atom is 0.327 e. The molecule has 6 heteroatoms. The van der Waals surface area contributed by atoms with E-state index in [1.807, 2.05) is 18.2 Å². The van der Waals surface area contributed by atoms with Crippen LogP contribution in [0.1, 0.15) is 11.6 Å². The summed E-state index contributed by atoms with van der Waals surface area (Å²) in [6.07, 6.45) is 0. The van der Waals surface area contributed by atoms with Gasteiger partial charge in [-0.2, -0.15) is 0 Å². The lowest BCUT2D eigenvalue weighted by Gasteiger charge is -2.34. The Kier molecular flexibility index (Phi) is 5.41. The van der Waals surface area contributed by atoms with Crippen LogP contribution in [0.2, 0.25) is 0 Å². The Morgan fingerprint density at radius 2 is 1.90 bits per heavy atom. The van der Waals surface area contributed by atoms with Gasteiger partial charge in [-0.3, -0.25) is 4.90 Å². The van der Waals surface area contributed by atoms with Crippen LogP contribution >= 0.6 is 0 Å². The topological polar surface area (TPSA) is 60.0 Å². The van der Waals surface area contributed by atoms with Crippen LogP contribution in [-0.4, -0.2) is 58.4 Å². The van der Waals surface area contributed by atoms with E-state index in [0.29, 0.717) is 11.5 Å². The molecule has 0 radical (unpaired) electrons. The molecule has 0 aliphatic carbocycles. The number of nitrogens with zero attached hydrogens (tertiary/aromatic N) is 1. The van der Waals surface area contributed by atoms with Crippen molar-refractivity contribution < 1.29 is 19.0 Å². The van der Waals surface area contributed by atoms with Crippen molar-refractivity contribution in [2.24, 2.45) is 0 Å². The highest BCUT2D eigenvalue weighted by Gasteiger charge is 2.32. The monoisotopic (exact) mass is 294 g/mol. The van der Waals surface area contributed by atoms with E-state index in [1.54, 1.807) is 14.2 Å². The zero-order valence-corrected chi connectivity index (χ0v) is 12.7. The lowest BCUT2D eigenvalue weighted by atomic mass is 10.0. The van der Waals surface area contributed by atoms with Crippen LogP contribution in [0.4, 0.5) is 0 Å². The lowest BCUT2D eigenvalue weighted by Crippen LogP contribution is -2.47. The fourth-order valence-corrected chi connectivity index (χ4v) is 2.65. The number of piperazine rings is 1. The second-order valence-corrected chi connectivity index (χ2v) is 4.79. The van der Waals surface area contributed by atoms with Crippen LogP contribution in [0.15, 0.2) is 18.2 Å². The van der Waals surface area contributed by atoms with Crippen LogP contribution in [0.3, 0.4) is 0 Å². The number of carbonyl (C=O) groups is 1. The van der Waals surface area contributed by atoms with Crippen molar-refractivity contribution in [3.63, 3.8) is 0 Å². The number of nitrogens with one attached hydrogen (secondary N) is 1. The molecule has 0 aromatic heterocycles. The van der Waals surface area contributed by atoms with Crippen LogP contribution < -0.4 is 14.8 Å². The highest BCUT2D eigenvalue weighted by atomic mass is 16.5. The molecule has 0 bridgehead atoms. The van der Waals surface area contributed by atoms with E-state index < -0.39 is 6.04 Å². The molecule has 6 nitrogen and oxygen atoms in total. The van der Waals surface area contributed by atoms with Crippen molar-refractivity contribution in [2.75, 3.05) is 47.5 Å². The van der Waals surface area contributed by atoms with E-state index in [9.17, 15) is 4.79 Å². The third-order valence-corrected chi connectivity index (χ3v) is 3.67. The summed E-state index contributed by atoms with van der Waals surface area (Å²) in [5, 5.41) is 3.28. The predicted octanol–water partition coefficient (Wildman–Crippen LogP) is 0.823. The summed E-state index contributed by atoms with van der Waals surface area (Å²) < 4.78 is 15.8. The fourth-order valence-electron chi connectivity index (χ4n) is 2.65. The van der Waals surface area contributed by atoms with Crippen LogP contribution in [-0.2, 0) is 9.53 Å². The van der Waals surface area contributed by atoms with Gasteiger partial charge in [0, 0.05) is 31.7 Å². The molecular formula is C15H22N2O4. The molecule has 1 heterocycles. The zero-order valence-electron chi connectivity index (χ0n) is 12.7. The second kappa shape index (κ2) is 7.28. The van der Waals surface area contributed by atoms with Gasteiger partial charge in [0.15, 0.2) is 11.5 Å². The first kappa shape index (κ1) is 15.6. The van der Waals surface area contributed by atoms with Crippen molar-refractivity contribution in [2.45, 2.75) is 6.04 Å². The van der Waals surface area contributed by atoms with Gasteiger partial charge in [0.1, 0.15) is 6.04 Å². The summed E-state index contributed by atoms with van der Waals surface area (Å²) in [7, 11) is 4.57. The molecule has 1 unspecified atom stereocenters. The van der Waals surface area contributed by atoms with Gasteiger partial charge in [-0.15, -0.1) is 0 Å². The number of hydrogen-bond donors (Lipinski definition) is 1. The first-order valence-corrected chi connectivity index (χ1v) is 6.96. The molecule has 0 amide bonds. The Labute approximate surface area is 125 Å². The van der Waals surface area contributed by atoms with Crippen molar-refractivity contribution in [1.29, 1.82) is 0 Å². The Morgan fingerprint density at radius 3 is 2.48 bits per heavy atom. The normalized spacial score (nSPS) is 17.1. The zero-order chi connectivity index (χ0) is 15.2. The van der Waals surface area contributed by atoms with Crippen LogP contribution in [0.25, 0.3) is 0 Å². The van der Waals surface area contributed by atoms with E-state index in [-0.39, 0.29) is 5.97 Å². The molecule has 1 atom stereocenters. The van der Waals surface area contributed by atoms with Gasteiger partial charge in [0.05, 0.1) is 21.3 Å². The number of methoxy groups -OCH3 is 3. The Hall–Kier alpha value is -1.79. The molecule has 1 fully saturated rings. The second-order valence-electron chi connectivity index (χ2n) is 4.79. The largest absolute Gasteiger partial charge is 0.493 e. The molecule has 1 aromatic carbocycles. The van der Waals surface area contributed by atoms with E-state index in [1.165, 1.54) is 7.11 Å². The molecule has 21 heavy (non-hydrogen) atoms. The average Bonchev–Trinajstić information content (AvgIpc) is 2.55. The molecule has 1 saturated heterocycles.